The van der Waals surface area contributed by atoms with E-state index in [1.807, 2.05) is 0 Å². The highest BCUT2D eigenvalue weighted by Gasteiger charge is 2.32. The van der Waals surface area contributed by atoms with E-state index in [4.69, 9.17) is 5.73 Å². The second-order valence-electron chi connectivity index (χ2n) is 4.21. The van der Waals surface area contributed by atoms with Crippen LogP contribution >= 0.6 is 31.9 Å². The molecule has 2 aromatic carbocycles. The van der Waals surface area contributed by atoms with Crippen molar-refractivity contribution in [2.24, 2.45) is 0 Å². The van der Waals surface area contributed by atoms with Crippen LogP contribution in [0.15, 0.2) is 39.3 Å². The van der Waals surface area contributed by atoms with Crippen LogP contribution in [0.25, 0.3) is 0 Å². The van der Waals surface area contributed by atoms with Crippen molar-refractivity contribution in [2.75, 3.05) is 5.73 Å². The topological polar surface area (TPSA) is 60.2 Å². The molecule has 0 unspecified atom stereocenters. The minimum atomic E-state index is -0.212. The zero-order chi connectivity index (χ0) is 13.7. The third-order valence-corrected chi connectivity index (χ3v) is 5.16. The van der Waals surface area contributed by atoms with Crippen LogP contribution in [-0.2, 0) is 0 Å². The molecule has 5 heteroatoms. The monoisotopic (exact) mass is 379 g/mol. The van der Waals surface area contributed by atoms with Crippen molar-refractivity contribution < 1.29 is 9.59 Å². The molecule has 1 aliphatic carbocycles. The summed E-state index contributed by atoms with van der Waals surface area (Å²) in [5, 5.41) is 0. The normalized spacial score (nSPS) is 13.2. The number of hydrogen-bond donors (Lipinski definition) is 1. The molecule has 0 saturated carbocycles. The number of ketones is 2. The molecule has 2 aromatic rings. The lowest BCUT2D eigenvalue weighted by molar-refractivity contribution is 0.0979. The van der Waals surface area contributed by atoms with Crippen molar-refractivity contribution in [3.05, 3.63) is 61.5 Å². The minimum absolute atomic E-state index is 0.176. The molecule has 19 heavy (non-hydrogen) atoms. The Balaban J connectivity index is 2.40. The minimum Gasteiger partial charge on any atom is -0.397 e. The number of hydrogen-bond acceptors (Lipinski definition) is 3. The van der Waals surface area contributed by atoms with Crippen molar-refractivity contribution in [3.8, 4) is 0 Å². The van der Waals surface area contributed by atoms with Gasteiger partial charge in [0.2, 0.25) is 0 Å². The molecule has 0 aliphatic heterocycles. The number of rotatable bonds is 0. The summed E-state index contributed by atoms with van der Waals surface area (Å²) in [6.07, 6.45) is 0. The number of carbonyl (C=O) groups excluding carboxylic acids is 2. The summed E-state index contributed by atoms with van der Waals surface area (Å²) in [7, 11) is 0. The molecule has 0 radical (unpaired) electrons. The first-order valence-electron chi connectivity index (χ1n) is 5.48. The third-order valence-electron chi connectivity index (χ3n) is 3.14. The molecule has 2 N–H and O–H groups in total. The fourth-order valence-corrected chi connectivity index (χ4v) is 2.98. The fraction of sp³-hybridized carbons (Fsp3) is 0. The van der Waals surface area contributed by atoms with Gasteiger partial charge in [0, 0.05) is 21.2 Å². The first-order valence-corrected chi connectivity index (χ1v) is 7.07. The first kappa shape index (κ1) is 12.6. The Labute approximate surface area is 126 Å². The number of nitrogens with two attached hydrogens (primary N) is 1. The standard InChI is InChI=1S/C14H7Br2NO2/c15-9-5-8-10(12(17)11(9)16)14(19)7-4-2-1-3-6(7)13(8)18/h1-5H,17H2. The van der Waals surface area contributed by atoms with Gasteiger partial charge in [0.25, 0.3) is 0 Å². The van der Waals surface area contributed by atoms with Crippen LogP contribution in [-0.4, -0.2) is 11.6 Å². The average molecular weight is 381 g/mol. The Morgan fingerprint density at radius 2 is 1.47 bits per heavy atom. The zero-order valence-corrected chi connectivity index (χ0v) is 12.7. The van der Waals surface area contributed by atoms with E-state index in [-0.39, 0.29) is 22.8 Å². The van der Waals surface area contributed by atoms with Crippen LogP contribution in [0.1, 0.15) is 31.8 Å². The molecule has 0 heterocycles. The molecule has 94 valence electrons. The van der Waals surface area contributed by atoms with Crippen LogP contribution in [0.5, 0.6) is 0 Å². The molecule has 0 aromatic heterocycles. The maximum atomic E-state index is 12.5. The lowest BCUT2D eigenvalue weighted by atomic mass is 9.83. The van der Waals surface area contributed by atoms with Crippen molar-refractivity contribution in [1.82, 2.24) is 0 Å². The van der Waals surface area contributed by atoms with Gasteiger partial charge in [-0.15, -0.1) is 0 Å². The van der Waals surface area contributed by atoms with Gasteiger partial charge in [0.15, 0.2) is 11.6 Å². The van der Waals surface area contributed by atoms with E-state index in [0.717, 1.165) is 0 Å². The summed E-state index contributed by atoms with van der Waals surface area (Å²) in [5.41, 5.74) is 7.70. The summed E-state index contributed by atoms with van der Waals surface area (Å²) in [6, 6.07) is 8.41. The van der Waals surface area contributed by atoms with Gasteiger partial charge in [-0.3, -0.25) is 9.59 Å². The van der Waals surface area contributed by atoms with E-state index in [1.165, 1.54) is 0 Å². The highest BCUT2D eigenvalue weighted by atomic mass is 79.9. The Hall–Kier alpha value is -1.46. The highest BCUT2D eigenvalue weighted by molar-refractivity contribution is 9.13. The van der Waals surface area contributed by atoms with Gasteiger partial charge in [-0.05, 0) is 37.9 Å². The second kappa shape index (κ2) is 4.28. The number of halogens is 2. The van der Waals surface area contributed by atoms with Crippen molar-refractivity contribution >= 4 is 49.1 Å². The van der Waals surface area contributed by atoms with E-state index in [1.54, 1.807) is 30.3 Å². The molecule has 0 atom stereocenters. The molecule has 0 amide bonds. The summed E-state index contributed by atoms with van der Waals surface area (Å²) in [6.45, 7) is 0. The Bertz CT molecular complexity index is 753. The molecule has 3 rings (SSSR count). The SMILES string of the molecule is Nc1c(Br)c(Br)cc2c1C(=O)c1ccccc1C2=O. The Kier molecular flexibility index (Phi) is 2.83. The molecule has 0 bridgehead atoms. The maximum Gasteiger partial charge on any atom is 0.196 e. The van der Waals surface area contributed by atoms with Gasteiger partial charge in [-0.1, -0.05) is 24.3 Å². The zero-order valence-electron chi connectivity index (χ0n) is 9.54. The number of fused-ring (bicyclic) bond motifs is 2. The van der Waals surface area contributed by atoms with E-state index < -0.39 is 0 Å². The van der Waals surface area contributed by atoms with Gasteiger partial charge in [0.05, 0.1) is 15.7 Å². The second-order valence-corrected chi connectivity index (χ2v) is 5.86. The predicted molar refractivity (Wildman–Crippen MR) is 79.6 cm³/mol. The average Bonchev–Trinajstić information content (AvgIpc) is 2.42. The first-order chi connectivity index (χ1) is 9.02. The quantitative estimate of drug-likeness (QED) is 0.606. The smallest absolute Gasteiger partial charge is 0.196 e. The predicted octanol–water partition coefficient (Wildman–Crippen LogP) is 3.57. The summed E-state index contributed by atoms with van der Waals surface area (Å²) in [4.78, 5) is 24.9. The van der Waals surface area contributed by atoms with Gasteiger partial charge in [0.1, 0.15) is 0 Å². The van der Waals surface area contributed by atoms with Gasteiger partial charge in [-0.25, -0.2) is 0 Å². The fourth-order valence-electron chi connectivity index (χ4n) is 2.23. The summed E-state index contributed by atoms with van der Waals surface area (Å²) >= 11 is 6.63. The molecule has 0 spiro atoms. The lowest BCUT2D eigenvalue weighted by Crippen LogP contribution is -2.22. The Morgan fingerprint density at radius 3 is 2.11 bits per heavy atom. The molecular weight excluding hydrogens is 374 g/mol. The number of carbonyl (C=O) groups is 2. The van der Waals surface area contributed by atoms with E-state index >= 15 is 0 Å². The summed E-state index contributed by atoms with van der Waals surface area (Å²) in [5.74, 6) is -0.388. The lowest BCUT2D eigenvalue weighted by Gasteiger charge is -2.20. The molecule has 0 fully saturated rings. The van der Waals surface area contributed by atoms with E-state index in [9.17, 15) is 9.59 Å². The molecule has 1 aliphatic rings. The van der Waals surface area contributed by atoms with Crippen LogP contribution in [0.4, 0.5) is 5.69 Å². The maximum absolute atomic E-state index is 12.5. The van der Waals surface area contributed by atoms with Crippen molar-refractivity contribution in [2.45, 2.75) is 0 Å². The van der Waals surface area contributed by atoms with Crippen molar-refractivity contribution in [1.29, 1.82) is 0 Å². The summed E-state index contributed by atoms with van der Waals surface area (Å²) < 4.78 is 1.25. The third kappa shape index (κ3) is 1.69. The highest BCUT2D eigenvalue weighted by Crippen LogP contribution is 2.38. The van der Waals surface area contributed by atoms with Gasteiger partial charge >= 0.3 is 0 Å². The van der Waals surface area contributed by atoms with E-state index in [2.05, 4.69) is 31.9 Å². The van der Waals surface area contributed by atoms with Crippen LogP contribution < -0.4 is 5.73 Å². The van der Waals surface area contributed by atoms with Crippen LogP contribution in [0.3, 0.4) is 0 Å². The largest absolute Gasteiger partial charge is 0.397 e. The molecular formula is C14H7Br2NO2. The van der Waals surface area contributed by atoms with Gasteiger partial charge in [-0.2, -0.15) is 0 Å². The number of benzene rings is 2. The Morgan fingerprint density at radius 1 is 0.895 bits per heavy atom. The number of nitrogen functional groups attached to an aromatic ring is 1. The number of anilines is 1. The molecule has 3 nitrogen and oxygen atoms in total. The van der Waals surface area contributed by atoms with E-state index in [0.29, 0.717) is 25.6 Å². The van der Waals surface area contributed by atoms with Crippen LogP contribution in [0.2, 0.25) is 0 Å². The van der Waals surface area contributed by atoms with Crippen LogP contribution in [0, 0.1) is 0 Å². The molecule has 0 saturated heterocycles. The van der Waals surface area contributed by atoms with Crippen molar-refractivity contribution in [3.63, 3.8) is 0 Å². The van der Waals surface area contributed by atoms with Gasteiger partial charge < -0.3 is 5.73 Å².